The van der Waals surface area contributed by atoms with Gasteiger partial charge in [-0.05, 0) is 41.1 Å². The van der Waals surface area contributed by atoms with Crippen LogP contribution in [-0.4, -0.2) is 35.8 Å². The van der Waals surface area contributed by atoms with Crippen LogP contribution in [0.1, 0.15) is 44.6 Å². The molecule has 0 spiro atoms. The predicted octanol–water partition coefficient (Wildman–Crippen LogP) is 2.37. The van der Waals surface area contributed by atoms with Gasteiger partial charge in [-0.15, -0.1) is 0 Å². The van der Waals surface area contributed by atoms with E-state index in [0.29, 0.717) is 31.8 Å². The van der Waals surface area contributed by atoms with Crippen molar-refractivity contribution in [2.24, 2.45) is 0 Å². The van der Waals surface area contributed by atoms with E-state index in [0.717, 1.165) is 6.42 Å². The van der Waals surface area contributed by atoms with Crippen molar-refractivity contribution in [3.8, 4) is 0 Å². The monoisotopic (exact) mass is 294 g/mol. The molecule has 0 bridgehead atoms. The molecule has 1 N–H and O–H groups in total. The second-order valence-corrected chi connectivity index (χ2v) is 6.10. The second kappa shape index (κ2) is 6.88. The molecule has 1 aliphatic heterocycles. The number of amides is 2. The number of nitrogens with one attached hydrogen (secondary N) is 1. The number of nitrogens with zero attached hydrogens (tertiary/aromatic N) is 1. The Labute approximate surface area is 124 Å². The molecule has 0 saturated carbocycles. The fourth-order valence-corrected chi connectivity index (χ4v) is 3.37. The first-order valence-electron chi connectivity index (χ1n) is 7.22. The van der Waals surface area contributed by atoms with Crippen molar-refractivity contribution in [3.63, 3.8) is 0 Å². The van der Waals surface area contributed by atoms with Gasteiger partial charge in [-0.25, -0.2) is 0 Å². The van der Waals surface area contributed by atoms with Gasteiger partial charge in [0.05, 0.1) is 0 Å². The summed E-state index contributed by atoms with van der Waals surface area (Å²) in [5.41, 5.74) is 1.25. The molecular weight excluding hydrogens is 272 g/mol. The van der Waals surface area contributed by atoms with Gasteiger partial charge in [0.2, 0.25) is 11.8 Å². The third-order valence-electron chi connectivity index (χ3n) is 3.87. The maximum absolute atomic E-state index is 12.3. The fourth-order valence-electron chi connectivity index (χ4n) is 2.59. The molecule has 20 heavy (non-hydrogen) atoms. The van der Waals surface area contributed by atoms with Crippen LogP contribution in [0.2, 0.25) is 0 Å². The molecule has 2 heterocycles. The number of thiophene rings is 1. The molecule has 1 aliphatic rings. The normalized spacial score (nSPS) is 18.1. The van der Waals surface area contributed by atoms with Crippen LogP contribution in [0.25, 0.3) is 0 Å². The molecule has 1 aromatic rings. The maximum Gasteiger partial charge on any atom is 0.242 e. The first-order valence-corrected chi connectivity index (χ1v) is 8.17. The lowest BCUT2D eigenvalue weighted by Crippen LogP contribution is -2.47. The van der Waals surface area contributed by atoms with Gasteiger partial charge >= 0.3 is 0 Å². The molecule has 1 fully saturated rings. The molecule has 0 radical (unpaired) electrons. The van der Waals surface area contributed by atoms with E-state index in [1.807, 2.05) is 12.3 Å². The van der Waals surface area contributed by atoms with E-state index in [2.05, 4.69) is 23.7 Å². The van der Waals surface area contributed by atoms with Crippen LogP contribution < -0.4 is 5.32 Å². The Morgan fingerprint density at radius 1 is 1.55 bits per heavy atom. The molecule has 0 unspecified atom stereocenters. The van der Waals surface area contributed by atoms with E-state index in [4.69, 9.17) is 0 Å². The molecule has 2 atom stereocenters. The Morgan fingerprint density at radius 3 is 2.90 bits per heavy atom. The van der Waals surface area contributed by atoms with Gasteiger partial charge in [0, 0.05) is 19.5 Å². The molecule has 2 amide bonds. The summed E-state index contributed by atoms with van der Waals surface area (Å²) in [7, 11) is 0. The molecule has 2 rings (SSSR count). The van der Waals surface area contributed by atoms with Crippen molar-refractivity contribution < 1.29 is 9.59 Å². The highest BCUT2D eigenvalue weighted by molar-refractivity contribution is 7.07. The highest BCUT2D eigenvalue weighted by atomic mass is 32.1. The van der Waals surface area contributed by atoms with Crippen molar-refractivity contribution >= 4 is 23.2 Å². The second-order valence-electron chi connectivity index (χ2n) is 5.32. The molecule has 1 aromatic heterocycles. The molecule has 110 valence electrons. The summed E-state index contributed by atoms with van der Waals surface area (Å²) in [6.07, 6.45) is 2.12. The number of hydrogen-bond acceptors (Lipinski definition) is 3. The first kappa shape index (κ1) is 15.0. The van der Waals surface area contributed by atoms with Crippen LogP contribution in [0, 0.1) is 0 Å². The zero-order valence-electron chi connectivity index (χ0n) is 12.1. The van der Waals surface area contributed by atoms with Crippen LogP contribution in [0.4, 0.5) is 0 Å². The highest BCUT2D eigenvalue weighted by Gasteiger charge is 2.31. The van der Waals surface area contributed by atoms with E-state index in [-0.39, 0.29) is 17.9 Å². The standard InChI is InChI=1S/C15H22N2O2S/c1-3-13(17-7-4-5-14(17)18)15(19)16-9-11(2)12-6-8-20-10-12/h6,8,10-11,13H,3-5,7,9H2,1-2H3,(H,16,19)/t11-,13-/m1/s1. The van der Waals surface area contributed by atoms with Gasteiger partial charge in [-0.3, -0.25) is 9.59 Å². The van der Waals surface area contributed by atoms with Gasteiger partial charge in [0.1, 0.15) is 6.04 Å². The fraction of sp³-hybridized carbons (Fsp3) is 0.600. The smallest absolute Gasteiger partial charge is 0.242 e. The Balaban J connectivity index is 1.88. The topological polar surface area (TPSA) is 49.4 Å². The Morgan fingerprint density at radius 2 is 2.35 bits per heavy atom. The molecule has 0 aliphatic carbocycles. The largest absolute Gasteiger partial charge is 0.354 e. The third kappa shape index (κ3) is 3.39. The summed E-state index contributed by atoms with van der Waals surface area (Å²) >= 11 is 1.67. The lowest BCUT2D eigenvalue weighted by atomic mass is 10.0. The lowest BCUT2D eigenvalue weighted by molar-refractivity contribution is -0.137. The van der Waals surface area contributed by atoms with Crippen LogP contribution in [0.15, 0.2) is 16.8 Å². The van der Waals surface area contributed by atoms with E-state index in [1.165, 1.54) is 5.56 Å². The average molecular weight is 294 g/mol. The van der Waals surface area contributed by atoms with Crippen LogP contribution in [0.5, 0.6) is 0 Å². The zero-order valence-corrected chi connectivity index (χ0v) is 12.9. The van der Waals surface area contributed by atoms with E-state index in [9.17, 15) is 9.59 Å². The summed E-state index contributed by atoms with van der Waals surface area (Å²) in [5, 5.41) is 7.15. The third-order valence-corrected chi connectivity index (χ3v) is 4.57. The minimum atomic E-state index is -0.306. The summed E-state index contributed by atoms with van der Waals surface area (Å²) in [5.74, 6) is 0.389. The van der Waals surface area contributed by atoms with Crippen LogP contribution in [-0.2, 0) is 9.59 Å². The van der Waals surface area contributed by atoms with Crippen molar-refractivity contribution in [1.29, 1.82) is 0 Å². The maximum atomic E-state index is 12.3. The Bertz CT molecular complexity index is 458. The average Bonchev–Trinajstić information content (AvgIpc) is 3.09. The molecule has 0 aromatic carbocycles. The quantitative estimate of drug-likeness (QED) is 0.875. The predicted molar refractivity (Wildman–Crippen MR) is 80.8 cm³/mol. The Kier molecular flexibility index (Phi) is 5.17. The number of rotatable bonds is 6. The number of carbonyl (C=O) groups excluding carboxylic acids is 2. The first-order chi connectivity index (χ1) is 9.63. The van der Waals surface area contributed by atoms with Crippen molar-refractivity contribution in [2.75, 3.05) is 13.1 Å². The molecule has 1 saturated heterocycles. The van der Waals surface area contributed by atoms with Gasteiger partial charge in [-0.1, -0.05) is 13.8 Å². The SMILES string of the molecule is CC[C@H](C(=O)NC[C@@H](C)c1ccsc1)N1CCCC1=O. The minimum absolute atomic E-state index is 0.0233. The number of likely N-dealkylation sites (tertiary alicyclic amines) is 1. The van der Waals surface area contributed by atoms with E-state index >= 15 is 0 Å². The molecule has 4 nitrogen and oxygen atoms in total. The zero-order chi connectivity index (χ0) is 14.5. The molecular formula is C15H22N2O2S. The van der Waals surface area contributed by atoms with Crippen LogP contribution in [0.3, 0.4) is 0 Å². The summed E-state index contributed by atoms with van der Waals surface area (Å²) in [6, 6.07) is 1.78. The van der Waals surface area contributed by atoms with Gasteiger partial charge in [-0.2, -0.15) is 11.3 Å². The highest BCUT2D eigenvalue weighted by Crippen LogP contribution is 2.18. The summed E-state index contributed by atoms with van der Waals surface area (Å²) < 4.78 is 0. The molecule has 5 heteroatoms. The van der Waals surface area contributed by atoms with E-state index in [1.54, 1.807) is 16.2 Å². The van der Waals surface area contributed by atoms with E-state index < -0.39 is 0 Å². The Hall–Kier alpha value is -1.36. The summed E-state index contributed by atoms with van der Waals surface area (Å²) in [6.45, 7) is 5.39. The van der Waals surface area contributed by atoms with Gasteiger partial charge in [0.25, 0.3) is 0 Å². The van der Waals surface area contributed by atoms with Crippen LogP contribution >= 0.6 is 11.3 Å². The lowest BCUT2D eigenvalue weighted by Gasteiger charge is -2.26. The van der Waals surface area contributed by atoms with Gasteiger partial charge < -0.3 is 10.2 Å². The summed E-state index contributed by atoms with van der Waals surface area (Å²) in [4.78, 5) is 25.8. The minimum Gasteiger partial charge on any atom is -0.354 e. The number of hydrogen-bond donors (Lipinski definition) is 1. The van der Waals surface area contributed by atoms with Crippen molar-refractivity contribution in [3.05, 3.63) is 22.4 Å². The number of carbonyl (C=O) groups is 2. The van der Waals surface area contributed by atoms with Crippen molar-refractivity contribution in [1.82, 2.24) is 10.2 Å². The van der Waals surface area contributed by atoms with Crippen molar-refractivity contribution in [2.45, 2.75) is 45.1 Å². The van der Waals surface area contributed by atoms with Gasteiger partial charge in [0.15, 0.2) is 0 Å².